The molecule has 0 atom stereocenters. The van der Waals surface area contributed by atoms with Gasteiger partial charge >= 0.3 is 0 Å². The summed E-state index contributed by atoms with van der Waals surface area (Å²) in [7, 11) is 0. The van der Waals surface area contributed by atoms with Crippen LogP contribution in [0.3, 0.4) is 0 Å². The van der Waals surface area contributed by atoms with E-state index in [4.69, 9.17) is 17.0 Å². The van der Waals surface area contributed by atoms with Crippen LogP contribution in [0.2, 0.25) is 0 Å². The number of aryl methyl sites for hydroxylation is 2. The van der Waals surface area contributed by atoms with Gasteiger partial charge in [0.25, 0.3) is 5.56 Å². The number of pyridine rings is 1. The molecule has 2 fully saturated rings. The van der Waals surface area contributed by atoms with Crippen LogP contribution in [0.15, 0.2) is 23.0 Å². The van der Waals surface area contributed by atoms with Gasteiger partial charge in [0.2, 0.25) is 0 Å². The minimum Gasteiger partial charge on any atom is -0.379 e. The van der Waals surface area contributed by atoms with Crippen molar-refractivity contribution in [3.05, 3.63) is 45.2 Å². The highest BCUT2D eigenvalue weighted by Gasteiger charge is 2.20. The highest BCUT2D eigenvalue weighted by molar-refractivity contribution is 7.80. The number of ether oxygens (including phenoxy) is 1. The Bertz CT molecular complexity index is 993. The number of nitrogens with zero attached hydrogens (tertiary/aromatic N) is 2. The Balaban J connectivity index is 1.52. The fourth-order valence-electron chi connectivity index (χ4n) is 4.75. The summed E-state index contributed by atoms with van der Waals surface area (Å²) >= 11 is 5.86. The van der Waals surface area contributed by atoms with Crippen molar-refractivity contribution in [2.24, 2.45) is 0 Å². The molecule has 1 aromatic heterocycles. The molecule has 4 rings (SSSR count). The van der Waals surface area contributed by atoms with Gasteiger partial charge in [-0.15, -0.1) is 0 Å². The van der Waals surface area contributed by atoms with E-state index >= 15 is 0 Å². The standard InChI is InChI=1S/C25H36N4O2S/c1-18-8-9-20-16-21(24(30)27-23(20)19(18)2)17-29(11-10-28-12-14-31-15-13-28)25(32)26-22-6-4-3-5-7-22/h8-9,16,22H,3-7,10-15,17H2,1-2H3,(H,26,32)(H,27,30). The molecule has 1 saturated heterocycles. The normalized spacial score (nSPS) is 18.1. The summed E-state index contributed by atoms with van der Waals surface area (Å²) in [5.41, 5.74) is 3.98. The molecule has 1 aliphatic heterocycles. The molecule has 2 N–H and O–H groups in total. The van der Waals surface area contributed by atoms with Crippen LogP contribution in [0.25, 0.3) is 10.9 Å². The highest BCUT2D eigenvalue weighted by atomic mass is 32.1. The second kappa shape index (κ2) is 10.8. The van der Waals surface area contributed by atoms with E-state index in [-0.39, 0.29) is 5.56 Å². The van der Waals surface area contributed by atoms with Gasteiger partial charge in [-0.2, -0.15) is 0 Å². The number of nitrogens with one attached hydrogen (secondary N) is 2. The van der Waals surface area contributed by atoms with Gasteiger partial charge in [0.1, 0.15) is 0 Å². The van der Waals surface area contributed by atoms with Crippen molar-refractivity contribution in [3.63, 3.8) is 0 Å². The number of hydrogen-bond donors (Lipinski definition) is 2. The lowest BCUT2D eigenvalue weighted by Crippen LogP contribution is -2.48. The molecular weight excluding hydrogens is 420 g/mol. The maximum absolute atomic E-state index is 13.0. The smallest absolute Gasteiger partial charge is 0.253 e. The molecular formula is C25H36N4O2S. The van der Waals surface area contributed by atoms with Crippen molar-refractivity contribution in [2.75, 3.05) is 39.4 Å². The summed E-state index contributed by atoms with van der Waals surface area (Å²) in [6, 6.07) is 6.69. The van der Waals surface area contributed by atoms with Gasteiger partial charge in [-0.1, -0.05) is 31.4 Å². The Hall–Kier alpha value is -1.96. The lowest BCUT2D eigenvalue weighted by Gasteiger charge is -2.33. The van der Waals surface area contributed by atoms with E-state index in [1.807, 2.05) is 6.07 Å². The second-order valence-electron chi connectivity index (χ2n) is 9.26. The summed E-state index contributed by atoms with van der Waals surface area (Å²) in [5, 5.41) is 5.44. The van der Waals surface area contributed by atoms with Crippen LogP contribution in [-0.4, -0.2) is 65.3 Å². The van der Waals surface area contributed by atoms with Crippen molar-refractivity contribution in [1.29, 1.82) is 0 Å². The molecule has 0 amide bonds. The molecule has 1 aromatic carbocycles. The number of hydrogen-bond acceptors (Lipinski definition) is 4. The maximum atomic E-state index is 13.0. The first-order chi connectivity index (χ1) is 15.5. The second-order valence-corrected chi connectivity index (χ2v) is 9.64. The van der Waals surface area contributed by atoms with E-state index in [9.17, 15) is 4.79 Å². The van der Waals surface area contributed by atoms with Crippen molar-refractivity contribution < 1.29 is 4.74 Å². The summed E-state index contributed by atoms with van der Waals surface area (Å²) in [4.78, 5) is 20.7. The molecule has 1 saturated carbocycles. The predicted molar refractivity (Wildman–Crippen MR) is 134 cm³/mol. The number of benzene rings is 1. The Morgan fingerprint density at radius 3 is 2.72 bits per heavy atom. The van der Waals surface area contributed by atoms with Crippen LogP contribution < -0.4 is 10.9 Å². The molecule has 0 bridgehead atoms. The number of fused-ring (bicyclic) bond motifs is 1. The zero-order valence-electron chi connectivity index (χ0n) is 19.4. The van der Waals surface area contributed by atoms with Gasteiger partial charge in [-0.05, 0) is 61.5 Å². The van der Waals surface area contributed by atoms with Crippen molar-refractivity contribution >= 4 is 28.2 Å². The van der Waals surface area contributed by atoms with E-state index in [1.165, 1.54) is 37.7 Å². The highest BCUT2D eigenvalue weighted by Crippen LogP contribution is 2.20. The number of aromatic nitrogens is 1. The molecule has 2 aliphatic rings. The van der Waals surface area contributed by atoms with E-state index in [0.717, 1.165) is 66.5 Å². The first-order valence-electron chi connectivity index (χ1n) is 12.0. The molecule has 174 valence electrons. The lowest BCUT2D eigenvalue weighted by molar-refractivity contribution is 0.0356. The Kier molecular flexibility index (Phi) is 7.81. The molecule has 2 aromatic rings. The van der Waals surface area contributed by atoms with Crippen LogP contribution in [0, 0.1) is 13.8 Å². The molecule has 0 radical (unpaired) electrons. The molecule has 32 heavy (non-hydrogen) atoms. The van der Waals surface area contributed by atoms with Crippen molar-refractivity contribution in [3.8, 4) is 0 Å². The van der Waals surface area contributed by atoms with Crippen molar-refractivity contribution in [2.45, 2.75) is 58.5 Å². The first-order valence-corrected chi connectivity index (χ1v) is 12.4. The van der Waals surface area contributed by atoms with E-state index in [0.29, 0.717) is 12.6 Å². The fraction of sp³-hybridized carbons (Fsp3) is 0.600. The third kappa shape index (κ3) is 5.69. The molecule has 0 spiro atoms. The van der Waals surface area contributed by atoms with Crippen LogP contribution >= 0.6 is 12.2 Å². The zero-order chi connectivity index (χ0) is 22.5. The van der Waals surface area contributed by atoms with Gasteiger partial charge in [0.15, 0.2) is 5.11 Å². The SMILES string of the molecule is Cc1ccc2cc(CN(CCN3CCOCC3)C(=S)NC3CCCCC3)c(=O)[nH]c2c1C. The first kappa shape index (κ1) is 23.2. The molecule has 1 aliphatic carbocycles. The number of morpholine rings is 1. The van der Waals surface area contributed by atoms with Crippen LogP contribution in [0.5, 0.6) is 0 Å². The lowest BCUT2D eigenvalue weighted by atomic mass is 9.96. The Morgan fingerprint density at radius 1 is 1.22 bits per heavy atom. The fourth-order valence-corrected chi connectivity index (χ4v) is 5.07. The van der Waals surface area contributed by atoms with E-state index in [2.05, 4.69) is 46.1 Å². The van der Waals surface area contributed by atoms with Crippen LogP contribution in [0.1, 0.15) is 48.8 Å². The quantitative estimate of drug-likeness (QED) is 0.649. The Labute approximate surface area is 196 Å². The van der Waals surface area contributed by atoms with Gasteiger partial charge in [-0.25, -0.2) is 0 Å². The van der Waals surface area contributed by atoms with Crippen LogP contribution in [-0.2, 0) is 11.3 Å². The molecule has 2 heterocycles. The number of rotatable bonds is 6. The summed E-state index contributed by atoms with van der Waals surface area (Å²) < 4.78 is 5.49. The number of aromatic amines is 1. The minimum absolute atomic E-state index is 0.0250. The topological polar surface area (TPSA) is 60.6 Å². The monoisotopic (exact) mass is 456 g/mol. The largest absolute Gasteiger partial charge is 0.379 e. The molecule has 0 unspecified atom stereocenters. The summed E-state index contributed by atoms with van der Waals surface area (Å²) in [5.74, 6) is 0. The molecule has 7 heteroatoms. The predicted octanol–water partition coefficient (Wildman–Crippen LogP) is 3.49. The van der Waals surface area contributed by atoms with E-state index < -0.39 is 0 Å². The van der Waals surface area contributed by atoms with Gasteiger partial charge in [0.05, 0.1) is 25.3 Å². The minimum atomic E-state index is -0.0250. The third-order valence-electron chi connectivity index (χ3n) is 7.00. The summed E-state index contributed by atoms with van der Waals surface area (Å²) in [6.45, 7) is 9.83. The summed E-state index contributed by atoms with van der Waals surface area (Å²) in [6.07, 6.45) is 6.19. The number of thiocarbonyl (C=S) groups is 1. The third-order valence-corrected chi connectivity index (χ3v) is 7.38. The molecule has 6 nitrogen and oxygen atoms in total. The average Bonchev–Trinajstić information content (AvgIpc) is 2.81. The van der Waals surface area contributed by atoms with Crippen LogP contribution in [0.4, 0.5) is 0 Å². The average molecular weight is 457 g/mol. The van der Waals surface area contributed by atoms with E-state index in [1.54, 1.807) is 0 Å². The van der Waals surface area contributed by atoms with Gasteiger partial charge in [-0.3, -0.25) is 9.69 Å². The number of H-pyrrole nitrogens is 1. The van der Waals surface area contributed by atoms with Crippen molar-refractivity contribution in [1.82, 2.24) is 20.1 Å². The Morgan fingerprint density at radius 2 is 1.97 bits per heavy atom. The maximum Gasteiger partial charge on any atom is 0.253 e. The van der Waals surface area contributed by atoms with Gasteiger partial charge < -0.3 is 19.9 Å². The van der Waals surface area contributed by atoms with Gasteiger partial charge in [0, 0.05) is 37.8 Å². The zero-order valence-corrected chi connectivity index (χ0v) is 20.2.